The van der Waals surface area contributed by atoms with Crippen molar-refractivity contribution in [3.8, 4) is 0 Å². The molecule has 0 fully saturated rings. The van der Waals surface area contributed by atoms with Crippen LogP contribution in [-0.2, 0) is 18.4 Å². The second-order valence-electron chi connectivity index (χ2n) is 3.91. The Kier molecular flexibility index (Phi) is 3.56. The maximum Gasteiger partial charge on any atom is 0.121 e. The minimum Gasteiger partial charge on any atom is -0.382 e. The van der Waals surface area contributed by atoms with Crippen LogP contribution in [0.15, 0.2) is 36.5 Å². The second-order valence-corrected chi connectivity index (χ2v) is 3.91. The lowest BCUT2D eigenvalue weighted by Crippen LogP contribution is -2.09. The molecule has 1 N–H and O–H groups in total. The number of nitrogens with zero attached hydrogens (tertiary/aromatic N) is 2. The van der Waals surface area contributed by atoms with E-state index in [1.807, 2.05) is 37.4 Å². The molecule has 1 aromatic heterocycles. The largest absolute Gasteiger partial charge is 0.382 e. The minimum atomic E-state index is -0.672. The zero-order chi connectivity index (χ0) is 12.3. The molecule has 0 radical (unpaired) electrons. The molecule has 90 valence electrons. The van der Waals surface area contributed by atoms with Gasteiger partial charge in [0.2, 0.25) is 0 Å². The quantitative estimate of drug-likeness (QED) is 0.872. The molecule has 0 aliphatic heterocycles. The molecule has 0 saturated carbocycles. The van der Waals surface area contributed by atoms with E-state index >= 15 is 0 Å². The molecule has 1 unspecified atom stereocenters. The number of benzene rings is 1. The highest BCUT2D eigenvalue weighted by atomic mass is 16.5. The minimum absolute atomic E-state index is 0.491. The van der Waals surface area contributed by atoms with Gasteiger partial charge in [-0.25, -0.2) is 0 Å². The lowest BCUT2D eigenvalue weighted by atomic mass is 10.0. The number of aryl methyl sites for hydroxylation is 1. The lowest BCUT2D eigenvalue weighted by molar-refractivity contribution is 0.174. The Morgan fingerprint density at radius 1 is 1.35 bits per heavy atom. The first kappa shape index (κ1) is 11.8. The number of aliphatic hydroxyl groups excluding tert-OH is 1. The number of aromatic nitrogens is 2. The summed E-state index contributed by atoms with van der Waals surface area (Å²) in [6.45, 7) is 0.491. The average Bonchev–Trinajstić information content (AvgIpc) is 2.76. The summed E-state index contributed by atoms with van der Waals surface area (Å²) in [4.78, 5) is 0. The van der Waals surface area contributed by atoms with Crippen LogP contribution in [0.4, 0.5) is 0 Å². The Hall–Kier alpha value is -1.65. The molecule has 4 nitrogen and oxygen atoms in total. The topological polar surface area (TPSA) is 47.3 Å². The summed E-state index contributed by atoms with van der Waals surface area (Å²) in [5.41, 5.74) is 2.62. The van der Waals surface area contributed by atoms with Crippen molar-refractivity contribution < 1.29 is 9.84 Å². The molecule has 1 heterocycles. The van der Waals surface area contributed by atoms with Gasteiger partial charge in [-0.3, -0.25) is 4.68 Å². The van der Waals surface area contributed by atoms with Crippen molar-refractivity contribution >= 4 is 0 Å². The van der Waals surface area contributed by atoms with Crippen LogP contribution in [0.5, 0.6) is 0 Å². The summed E-state index contributed by atoms with van der Waals surface area (Å²) in [6, 6.07) is 9.53. The van der Waals surface area contributed by atoms with Gasteiger partial charge in [0, 0.05) is 20.4 Å². The van der Waals surface area contributed by atoms with Gasteiger partial charge in [-0.2, -0.15) is 5.10 Å². The number of hydrogen-bond acceptors (Lipinski definition) is 3. The summed E-state index contributed by atoms with van der Waals surface area (Å²) in [6.07, 6.45) is 1.01. The van der Waals surface area contributed by atoms with Gasteiger partial charge in [0.1, 0.15) is 6.10 Å². The highest BCUT2D eigenvalue weighted by Gasteiger charge is 2.16. The number of rotatable bonds is 4. The van der Waals surface area contributed by atoms with Crippen molar-refractivity contribution in [2.45, 2.75) is 12.7 Å². The molecule has 0 bridgehead atoms. The van der Waals surface area contributed by atoms with Gasteiger partial charge < -0.3 is 9.84 Å². The van der Waals surface area contributed by atoms with E-state index in [0.717, 1.165) is 16.8 Å². The Bertz CT molecular complexity index is 494. The average molecular weight is 232 g/mol. The van der Waals surface area contributed by atoms with Crippen LogP contribution in [0, 0.1) is 0 Å². The molecular weight excluding hydrogens is 216 g/mol. The third-order valence-corrected chi connectivity index (χ3v) is 2.79. The van der Waals surface area contributed by atoms with E-state index in [0.29, 0.717) is 6.61 Å². The van der Waals surface area contributed by atoms with Crippen molar-refractivity contribution in [1.29, 1.82) is 0 Å². The summed E-state index contributed by atoms with van der Waals surface area (Å²) in [5.74, 6) is 0. The Morgan fingerprint density at radius 2 is 2.12 bits per heavy atom. The first-order valence-electron chi connectivity index (χ1n) is 5.46. The molecule has 17 heavy (non-hydrogen) atoms. The van der Waals surface area contributed by atoms with Gasteiger partial charge in [0.15, 0.2) is 0 Å². The predicted molar refractivity (Wildman–Crippen MR) is 64.4 cm³/mol. The SMILES string of the molecule is COCc1ccccc1C(O)c1ccnn1C. The Morgan fingerprint density at radius 3 is 2.76 bits per heavy atom. The summed E-state index contributed by atoms with van der Waals surface area (Å²) < 4.78 is 6.81. The third-order valence-electron chi connectivity index (χ3n) is 2.79. The maximum atomic E-state index is 10.4. The number of ether oxygens (including phenoxy) is 1. The summed E-state index contributed by atoms with van der Waals surface area (Å²) >= 11 is 0. The van der Waals surface area contributed by atoms with Crippen LogP contribution in [0.2, 0.25) is 0 Å². The van der Waals surface area contributed by atoms with Gasteiger partial charge in [-0.05, 0) is 17.2 Å². The zero-order valence-corrected chi connectivity index (χ0v) is 10.00. The van der Waals surface area contributed by atoms with Crippen molar-refractivity contribution in [1.82, 2.24) is 9.78 Å². The third kappa shape index (κ3) is 2.38. The van der Waals surface area contributed by atoms with Gasteiger partial charge in [-0.1, -0.05) is 24.3 Å². The molecule has 0 spiro atoms. The van der Waals surface area contributed by atoms with E-state index in [-0.39, 0.29) is 0 Å². The summed E-state index contributed by atoms with van der Waals surface area (Å²) in [7, 11) is 3.46. The molecule has 2 aromatic rings. The monoisotopic (exact) mass is 232 g/mol. The Labute approximate surface area is 100 Å². The van der Waals surface area contributed by atoms with E-state index in [1.165, 1.54) is 0 Å². The highest BCUT2D eigenvalue weighted by molar-refractivity contribution is 5.33. The van der Waals surface area contributed by atoms with Crippen molar-refractivity contribution in [3.63, 3.8) is 0 Å². The van der Waals surface area contributed by atoms with E-state index in [9.17, 15) is 5.11 Å². The number of methoxy groups -OCH3 is 1. The molecule has 1 atom stereocenters. The molecule has 2 rings (SSSR count). The first-order chi connectivity index (χ1) is 8.24. The number of hydrogen-bond donors (Lipinski definition) is 1. The molecule has 0 amide bonds. The van der Waals surface area contributed by atoms with Gasteiger partial charge in [0.25, 0.3) is 0 Å². The number of aliphatic hydroxyl groups is 1. The van der Waals surface area contributed by atoms with Crippen LogP contribution in [-0.4, -0.2) is 22.0 Å². The van der Waals surface area contributed by atoms with Gasteiger partial charge >= 0.3 is 0 Å². The van der Waals surface area contributed by atoms with Crippen molar-refractivity contribution in [2.24, 2.45) is 7.05 Å². The van der Waals surface area contributed by atoms with Crippen LogP contribution in [0.1, 0.15) is 22.9 Å². The van der Waals surface area contributed by atoms with Crippen LogP contribution in [0.25, 0.3) is 0 Å². The smallest absolute Gasteiger partial charge is 0.121 e. The van der Waals surface area contributed by atoms with Crippen LogP contribution in [0.3, 0.4) is 0 Å². The Balaban J connectivity index is 2.37. The van der Waals surface area contributed by atoms with Gasteiger partial charge in [-0.15, -0.1) is 0 Å². The molecular formula is C13H16N2O2. The van der Waals surface area contributed by atoms with Crippen LogP contribution < -0.4 is 0 Å². The van der Waals surface area contributed by atoms with Crippen LogP contribution >= 0.6 is 0 Å². The predicted octanol–water partition coefficient (Wildman–Crippen LogP) is 1.65. The second kappa shape index (κ2) is 5.12. The van der Waals surface area contributed by atoms with Gasteiger partial charge in [0.05, 0.1) is 12.3 Å². The summed E-state index contributed by atoms with van der Waals surface area (Å²) in [5, 5.41) is 14.4. The maximum absolute atomic E-state index is 10.4. The van der Waals surface area contributed by atoms with E-state index in [1.54, 1.807) is 18.0 Å². The lowest BCUT2D eigenvalue weighted by Gasteiger charge is -2.15. The van der Waals surface area contributed by atoms with Crippen molar-refractivity contribution in [2.75, 3.05) is 7.11 Å². The first-order valence-corrected chi connectivity index (χ1v) is 5.46. The molecule has 0 aliphatic rings. The van der Waals surface area contributed by atoms with E-state index < -0.39 is 6.10 Å². The molecule has 4 heteroatoms. The highest BCUT2D eigenvalue weighted by Crippen LogP contribution is 2.24. The molecule has 0 saturated heterocycles. The fraction of sp³-hybridized carbons (Fsp3) is 0.308. The normalized spacial score (nSPS) is 12.6. The zero-order valence-electron chi connectivity index (χ0n) is 10.00. The molecule has 0 aliphatic carbocycles. The molecule has 1 aromatic carbocycles. The van der Waals surface area contributed by atoms with E-state index in [4.69, 9.17) is 4.74 Å². The van der Waals surface area contributed by atoms with E-state index in [2.05, 4.69) is 5.10 Å². The fourth-order valence-corrected chi connectivity index (χ4v) is 1.90. The fourth-order valence-electron chi connectivity index (χ4n) is 1.90. The van der Waals surface area contributed by atoms with Crippen molar-refractivity contribution in [3.05, 3.63) is 53.3 Å². The standard InChI is InChI=1S/C13H16N2O2/c1-15-12(7-8-14-15)13(16)11-6-4-3-5-10(11)9-17-2/h3-8,13,16H,9H2,1-2H3.